The van der Waals surface area contributed by atoms with Gasteiger partial charge in [-0.25, -0.2) is 0 Å². The molecule has 4 aromatic rings. The summed E-state index contributed by atoms with van der Waals surface area (Å²) >= 11 is 0. The number of hydrogen-bond acceptors (Lipinski definition) is 7. The molecule has 5 rings (SSSR count). The average molecular weight is 475 g/mol. The van der Waals surface area contributed by atoms with E-state index in [9.17, 15) is 5.11 Å². The number of H-pyrrole nitrogens is 1. The molecular weight excluding hydrogens is 444 g/mol. The van der Waals surface area contributed by atoms with E-state index in [1.54, 1.807) is 28.1 Å². The average Bonchev–Trinajstić information content (AvgIpc) is 3.34. The molecule has 0 aliphatic carbocycles. The van der Waals surface area contributed by atoms with E-state index in [4.69, 9.17) is 19.0 Å². The highest BCUT2D eigenvalue weighted by Crippen LogP contribution is 2.42. The van der Waals surface area contributed by atoms with Gasteiger partial charge in [0.2, 0.25) is 0 Å². The zero-order chi connectivity index (χ0) is 25.1. The summed E-state index contributed by atoms with van der Waals surface area (Å²) in [4.78, 5) is 8.48. The van der Waals surface area contributed by atoms with Gasteiger partial charge in [-0.3, -0.25) is 4.99 Å². The van der Waals surface area contributed by atoms with E-state index in [2.05, 4.69) is 21.5 Å². The molecule has 0 radical (unpaired) electrons. The molecule has 2 aromatic carbocycles. The van der Waals surface area contributed by atoms with Crippen LogP contribution in [-0.4, -0.2) is 41.3 Å². The van der Waals surface area contributed by atoms with Gasteiger partial charge in [-0.15, -0.1) is 0 Å². The van der Waals surface area contributed by atoms with Gasteiger partial charge < -0.3 is 29.4 Å². The quantitative estimate of drug-likeness (QED) is 0.363. The Morgan fingerprint density at radius 3 is 2.40 bits per heavy atom. The number of nitrogens with zero attached hydrogens (tertiary/aromatic N) is 2. The molecule has 0 fully saturated rings. The number of fused-ring (bicyclic) bond motifs is 3. The van der Waals surface area contributed by atoms with E-state index in [0.717, 1.165) is 61.9 Å². The Morgan fingerprint density at radius 1 is 1.03 bits per heavy atom. The summed E-state index contributed by atoms with van der Waals surface area (Å²) in [7, 11) is 3.27. The first-order valence-corrected chi connectivity index (χ1v) is 11.5. The number of benzene rings is 2. The van der Waals surface area contributed by atoms with Crippen molar-refractivity contribution in [1.29, 1.82) is 0 Å². The van der Waals surface area contributed by atoms with Crippen molar-refractivity contribution in [2.75, 3.05) is 19.5 Å². The minimum atomic E-state index is -1.07. The molecule has 0 saturated carbocycles. The fourth-order valence-corrected chi connectivity index (χ4v) is 4.86. The van der Waals surface area contributed by atoms with Crippen molar-refractivity contribution in [3.05, 3.63) is 58.5 Å². The van der Waals surface area contributed by atoms with E-state index in [1.165, 1.54) is 0 Å². The molecule has 0 amide bonds. The summed E-state index contributed by atoms with van der Waals surface area (Å²) in [5.74, 6) is 2.98. The van der Waals surface area contributed by atoms with Crippen LogP contribution in [0.4, 0.5) is 5.82 Å². The maximum Gasteiger partial charge on any atom is 0.141 e. The second-order valence-corrected chi connectivity index (χ2v) is 9.44. The van der Waals surface area contributed by atoms with Gasteiger partial charge in [-0.2, -0.15) is 0 Å². The third-order valence-electron chi connectivity index (χ3n) is 6.47. The first-order valence-electron chi connectivity index (χ1n) is 11.5. The van der Waals surface area contributed by atoms with Gasteiger partial charge in [0.05, 0.1) is 42.4 Å². The SMILES string of the molecule is COc1cc2c3c([nH]c2cc1-c1c(C)noc1C)NC(C)N=C3c1ccc(OC)c(C(C)(C)O)c1. The lowest BCUT2D eigenvalue weighted by molar-refractivity contribution is 0.0756. The van der Waals surface area contributed by atoms with Gasteiger partial charge in [0, 0.05) is 27.6 Å². The van der Waals surface area contributed by atoms with Crippen LogP contribution in [-0.2, 0) is 5.60 Å². The molecule has 8 heteroatoms. The third kappa shape index (κ3) is 3.74. The zero-order valence-corrected chi connectivity index (χ0v) is 21.0. The summed E-state index contributed by atoms with van der Waals surface area (Å²) in [6.45, 7) is 9.33. The fraction of sp³-hybridized carbons (Fsp3) is 0.333. The molecule has 0 bridgehead atoms. The monoisotopic (exact) mass is 474 g/mol. The minimum Gasteiger partial charge on any atom is -0.496 e. The van der Waals surface area contributed by atoms with Crippen molar-refractivity contribution in [3.63, 3.8) is 0 Å². The van der Waals surface area contributed by atoms with Crippen LogP contribution >= 0.6 is 0 Å². The number of hydrogen-bond donors (Lipinski definition) is 3. The van der Waals surface area contributed by atoms with Crippen LogP contribution in [0.1, 0.15) is 48.9 Å². The summed E-state index contributed by atoms with van der Waals surface area (Å²) in [5.41, 5.74) is 5.89. The van der Waals surface area contributed by atoms with Crippen molar-refractivity contribution in [3.8, 4) is 22.6 Å². The second-order valence-electron chi connectivity index (χ2n) is 9.44. The Hall–Kier alpha value is -3.78. The predicted molar refractivity (Wildman–Crippen MR) is 137 cm³/mol. The molecule has 8 nitrogen and oxygen atoms in total. The number of aryl methyl sites for hydroxylation is 2. The van der Waals surface area contributed by atoms with E-state index < -0.39 is 5.60 Å². The zero-order valence-electron chi connectivity index (χ0n) is 21.0. The van der Waals surface area contributed by atoms with Crippen molar-refractivity contribution in [1.82, 2.24) is 10.1 Å². The number of aromatic nitrogens is 2. The van der Waals surface area contributed by atoms with Gasteiger partial charge in [0.15, 0.2) is 0 Å². The maximum absolute atomic E-state index is 10.8. The summed E-state index contributed by atoms with van der Waals surface area (Å²) < 4.78 is 16.7. The van der Waals surface area contributed by atoms with E-state index in [-0.39, 0.29) is 6.17 Å². The largest absolute Gasteiger partial charge is 0.496 e. The van der Waals surface area contributed by atoms with Crippen LogP contribution in [0.15, 0.2) is 39.8 Å². The summed E-state index contributed by atoms with van der Waals surface area (Å²) in [5, 5.41) is 19.3. The minimum absolute atomic E-state index is 0.137. The van der Waals surface area contributed by atoms with Gasteiger partial charge in [0.25, 0.3) is 0 Å². The standard InChI is InChI=1S/C27H30N4O4/c1-13-23(14(2)35-31-13)18-11-20-17(12-22(18)34-7)24-25(28-15(3)29-26(24)30-20)16-8-9-21(33-6)19(10-16)27(4,5)32/h8-12,15,29-30,32H,1-7H3. The number of anilines is 1. The number of methoxy groups -OCH3 is 2. The van der Waals surface area contributed by atoms with Crippen LogP contribution in [0.25, 0.3) is 22.0 Å². The third-order valence-corrected chi connectivity index (χ3v) is 6.47. The number of aliphatic hydroxyl groups is 1. The van der Waals surface area contributed by atoms with Gasteiger partial charge in [-0.1, -0.05) is 5.16 Å². The molecule has 3 heterocycles. The molecule has 1 aliphatic heterocycles. The lowest BCUT2D eigenvalue weighted by Gasteiger charge is -2.24. The Labute approximate surface area is 204 Å². The van der Waals surface area contributed by atoms with Crippen molar-refractivity contribution >= 4 is 22.4 Å². The Balaban J connectivity index is 1.73. The Kier molecular flexibility index (Phi) is 5.36. The molecule has 35 heavy (non-hydrogen) atoms. The number of ether oxygens (including phenoxy) is 2. The van der Waals surface area contributed by atoms with Crippen molar-refractivity contribution < 1.29 is 19.1 Å². The van der Waals surface area contributed by atoms with Crippen LogP contribution in [0.3, 0.4) is 0 Å². The van der Waals surface area contributed by atoms with E-state index in [1.807, 2.05) is 45.0 Å². The lowest BCUT2D eigenvalue weighted by atomic mass is 9.91. The van der Waals surface area contributed by atoms with E-state index in [0.29, 0.717) is 11.3 Å². The lowest BCUT2D eigenvalue weighted by Crippen LogP contribution is -2.24. The fourth-order valence-electron chi connectivity index (χ4n) is 4.86. The summed E-state index contributed by atoms with van der Waals surface area (Å²) in [6, 6.07) is 9.90. The van der Waals surface area contributed by atoms with Crippen LogP contribution in [0.5, 0.6) is 11.5 Å². The highest BCUT2D eigenvalue weighted by atomic mass is 16.5. The van der Waals surface area contributed by atoms with Crippen LogP contribution < -0.4 is 14.8 Å². The molecule has 182 valence electrons. The van der Waals surface area contributed by atoms with Gasteiger partial charge in [-0.05, 0) is 65.0 Å². The van der Waals surface area contributed by atoms with Crippen molar-refractivity contribution in [2.45, 2.75) is 46.4 Å². The molecule has 3 N–H and O–H groups in total. The predicted octanol–water partition coefficient (Wildman–Crippen LogP) is 5.29. The normalized spacial score (nSPS) is 15.5. The molecule has 1 atom stereocenters. The highest BCUT2D eigenvalue weighted by Gasteiger charge is 2.28. The van der Waals surface area contributed by atoms with Gasteiger partial charge >= 0.3 is 0 Å². The molecule has 0 saturated heterocycles. The Morgan fingerprint density at radius 2 is 1.77 bits per heavy atom. The highest BCUT2D eigenvalue weighted by molar-refractivity contribution is 6.24. The molecule has 0 spiro atoms. The number of nitrogens with one attached hydrogen (secondary N) is 2. The van der Waals surface area contributed by atoms with Crippen LogP contribution in [0.2, 0.25) is 0 Å². The molecule has 2 aromatic heterocycles. The molecule has 1 aliphatic rings. The van der Waals surface area contributed by atoms with Crippen LogP contribution in [0, 0.1) is 13.8 Å². The number of aromatic amines is 1. The first-order chi connectivity index (χ1) is 16.6. The molecule has 1 unspecified atom stereocenters. The van der Waals surface area contributed by atoms with Gasteiger partial charge in [0.1, 0.15) is 29.2 Å². The number of aliphatic imine (C=N–C) groups is 1. The summed E-state index contributed by atoms with van der Waals surface area (Å²) in [6.07, 6.45) is -0.137. The Bertz CT molecular complexity index is 1450. The number of rotatable bonds is 5. The van der Waals surface area contributed by atoms with E-state index >= 15 is 0 Å². The topological polar surface area (TPSA) is 105 Å². The first kappa shape index (κ1) is 23.0. The van der Waals surface area contributed by atoms with Crippen molar-refractivity contribution in [2.24, 2.45) is 4.99 Å². The molecular formula is C27H30N4O4. The maximum atomic E-state index is 10.8. The second kappa shape index (κ2) is 8.16. The smallest absolute Gasteiger partial charge is 0.141 e.